The number of aliphatic hydroxyl groups is 1. The minimum absolute atomic E-state index is 0.290. The number of amides is 1. The summed E-state index contributed by atoms with van der Waals surface area (Å²) in [5.74, 6) is 0.715. The lowest BCUT2D eigenvalue weighted by Gasteiger charge is -2.46. The number of ether oxygens (including phenoxy) is 2. The molecule has 6 nitrogen and oxygen atoms in total. The van der Waals surface area contributed by atoms with Crippen molar-refractivity contribution in [3.8, 4) is 34.0 Å². The Labute approximate surface area is 227 Å². The van der Waals surface area contributed by atoms with Crippen molar-refractivity contribution < 1.29 is 19.4 Å². The SMILES string of the molecule is COc1cc(-c2cc3c(nc2-c2ccccc2Cl)OC2(CCCCC2)CC3N(C)C(=O)CO)ccc1Cl. The number of rotatable bonds is 5. The Morgan fingerprint density at radius 3 is 2.57 bits per heavy atom. The first-order valence-electron chi connectivity index (χ1n) is 12.5. The molecule has 0 bridgehead atoms. The molecule has 37 heavy (non-hydrogen) atoms. The van der Waals surface area contributed by atoms with Crippen molar-refractivity contribution in [2.45, 2.75) is 50.2 Å². The maximum Gasteiger partial charge on any atom is 0.248 e. The zero-order valence-electron chi connectivity index (χ0n) is 21.0. The molecule has 0 radical (unpaired) electrons. The molecule has 0 saturated heterocycles. The lowest BCUT2D eigenvalue weighted by atomic mass is 9.76. The van der Waals surface area contributed by atoms with Crippen LogP contribution in [0.2, 0.25) is 10.0 Å². The van der Waals surface area contributed by atoms with Gasteiger partial charge < -0.3 is 19.5 Å². The second-order valence-electron chi connectivity index (χ2n) is 9.84. The van der Waals surface area contributed by atoms with Crippen LogP contribution in [0.4, 0.5) is 0 Å². The van der Waals surface area contributed by atoms with Crippen LogP contribution in [-0.4, -0.2) is 47.3 Å². The third-order valence-corrected chi connectivity index (χ3v) is 8.25. The van der Waals surface area contributed by atoms with E-state index < -0.39 is 12.2 Å². The Morgan fingerprint density at radius 1 is 1.11 bits per heavy atom. The predicted molar refractivity (Wildman–Crippen MR) is 145 cm³/mol. The van der Waals surface area contributed by atoms with E-state index in [1.54, 1.807) is 25.1 Å². The molecule has 1 aliphatic carbocycles. The van der Waals surface area contributed by atoms with Crippen molar-refractivity contribution >= 4 is 29.1 Å². The average molecular weight is 541 g/mol. The van der Waals surface area contributed by atoms with Crippen LogP contribution < -0.4 is 9.47 Å². The van der Waals surface area contributed by atoms with E-state index in [1.807, 2.05) is 42.5 Å². The highest BCUT2D eigenvalue weighted by atomic mass is 35.5. The van der Waals surface area contributed by atoms with Crippen molar-refractivity contribution in [1.29, 1.82) is 0 Å². The standard InChI is InChI=1S/C29H30Cl2N2O4/c1-33(26(35)17-34)24-16-29(12-6-3-7-13-29)37-28-21(24)15-20(18-10-11-23(31)25(14-18)36-2)27(32-28)19-8-4-5-9-22(19)30/h4-5,8-11,14-15,24,34H,3,6-7,12-13,16-17H2,1-2H3. The molecule has 2 aromatic carbocycles. The summed E-state index contributed by atoms with van der Waals surface area (Å²) in [4.78, 5) is 19.4. The zero-order chi connectivity index (χ0) is 26.2. The number of hydrogen-bond acceptors (Lipinski definition) is 5. The van der Waals surface area contributed by atoms with Gasteiger partial charge in [-0.2, -0.15) is 0 Å². The van der Waals surface area contributed by atoms with Crippen molar-refractivity contribution in [1.82, 2.24) is 9.88 Å². The van der Waals surface area contributed by atoms with Crippen LogP contribution in [0.3, 0.4) is 0 Å². The van der Waals surface area contributed by atoms with Gasteiger partial charge in [0, 0.05) is 35.2 Å². The van der Waals surface area contributed by atoms with Gasteiger partial charge in [-0.3, -0.25) is 4.79 Å². The van der Waals surface area contributed by atoms with Crippen LogP contribution in [0, 0.1) is 0 Å². The normalized spacial score (nSPS) is 18.1. The Morgan fingerprint density at radius 2 is 1.86 bits per heavy atom. The maximum atomic E-state index is 12.7. The summed E-state index contributed by atoms with van der Waals surface area (Å²) in [7, 11) is 3.32. The van der Waals surface area contributed by atoms with Gasteiger partial charge in [-0.15, -0.1) is 0 Å². The first-order valence-corrected chi connectivity index (χ1v) is 13.3. The van der Waals surface area contributed by atoms with Crippen molar-refractivity contribution in [2.75, 3.05) is 20.8 Å². The summed E-state index contributed by atoms with van der Waals surface area (Å²) in [6, 6.07) is 14.9. The lowest BCUT2D eigenvalue weighted by molar-refractivity contribution is -0.137. The first kappa shape index (κ1) is 25.8. The highest BCUT2D eigenvalue weighted by Gasteiger charge is 2.45. The van der Waals surface area contributed by atoms with Gasteiger partial charge in [-0.25, -0.2) is 4.98 Å². The van der Waals surface area contributed by atoms with Gasteiger partial charge in [0.05, 0.1) is 23.9 Å². The summed E-state index contributed by atoms with van der Waals surface area (Å²) in [6.07, 6.45) is 5.77. The number of carbonyl (C=O) groups is 1. The molecule has 1 amide bonds. The number of halogens is 2. The highest BCUT2D eigenvalue weighted by Crippen LogP contribution is 2.50. The summed E-state index contributed by atoms with van der Waals surface area (Å²) in [5.41, 5.74) is 3.53. The van der Waals surface area contributed by atoms with Gasteiger partial charge in [0.25, 0.3) is 0 Å². The smallest absolute Gasteiger partial charge is 0.248 e. The van der Waals surface area contributed by atoms with Crippen LogP contribution in [0.25, 0.3) is 22.4 Å². The number of likely N-dealkylation sites (N-methyl/N-ethyl adjacent to an activating group) is 1. The van der Waals surface area contributed by atoms with Gasteiger partial charge in [-0.05, 0) is 55.5 Å². The molecule has 8 heteroatoms. The Balaban J connectivity index is 1.75. The minimum Gasteiger partial charge on any atom is -0.495 e. The number of aliphatic hydroxyl groups excluding tert-OH is 1. The maximum absolute atomic E-state index is 12.7. The molecule has 1 spiro atoms. The molecule has 1 aliphatic heterocycles. The summed E-state index contributed by atoms with van der Waals surface area (Å²) >= 11 is 13.0. The van der Waals surface area contributed by atoms with E-state index in [0.29, 0.717) is 33.8 Å². The monoisotopic (exact) mass is 540 g/mol. The molecule has 194 valence electrons. The summed E-state index contributed by atoms with van der Waals surface area (Å²) in [5, 5.41) is 10.7. The van der Waals surface area contributed by atoms with Crippen molar-refractivity contribution in [3.63, 3.8) is 0 Å². The molecule has 2 heterocycles. The third-order valence-electron chi connectivity index (χ3n) is 7.60. The summed E-state index contributed by atoms with van der Waals surface area (Å²) in [6.45, 7) is -0.553. The topological polar surface area (TPSA) is 71.9 Å². The van der Waals surface area contributed by atoms with E-state index in [2.05, 4.69) is 0 Å². The molecule has 2 aliphatic rings. The second kappa shape index (κ2) is 10.5. The van der Waals surface area contributed by atoms with Gasteiger partial charge in [0.2, 0.25) is 11.8 Å². The third kappa shape index (κ3) is 4.90. The number of aromatic nitrogens is 1. The van der Waals surface area contributed by atoms with E-state index in [1.165, 1.54) is 6.42 Å². The first-order chi connectivity index (χ1) is 17.9. The highest BCUT2D eigenvalue weighted by molar-refractivity contribution is 6.33. The number of fused-ring (bicyclic) bond motifs is 1. The van der Waals surface area contributed by atoms with Crippen LogP contribution >= 0.6 is 23.2 Å². The molecular weight excluding hydrogens is 511 g/mol. The van der Waals surface area contributed by atoms with Gasteiger partial charge in [0.1, 0.15) is 18.0 Å². The zero-order valence-corrected chi connectivity index (χ0v) is 22.5. The van der Waals surface area contributed by atoms with E-state index in [4.69, 9.17) is 37.7 Å². The Kier molecular flexibility index (Phi) is 7.35. The van der Waals surface area contributed by atoms with Crippen molar-refractivity contribution in [2.24, 2.45) is 0 Å². The number of methoxy groups -OCH3 is 1. The second-order valence-corrected chi connectivity index (χ2v) is 10.7. The molecule has 1 unspecified atom stereocenters. The number of carbonyl (C=O) groups excluding carboxylic acids is 1. The molecule has 1 saturated carbocycles. The fourth-order valence-corrected chi connectivity index (χ4v) is 6.00. The van der Waals surface area contributed by atoms with E-state index >= 15 is 0 Å². The fraction of sp³-hybridized carbons (Fsp3) is 0.379. The van der Waals surface area contributed by atoms with Gasteiger partial charge in [0.15, 0.2) is 0 Å². The van der Waals surface area contributed by atoms with Crippen LogP contribution in [0.1, 0.15) is 50.1 Å². The van der Waals surface area contributed by atoms with E-state index in [9.17, 15) is 9.90 Å². The van der Waals surface area contributed by atoms with Crippen molar-refractivity contribution in [3.05, 3.63) is 64.1 Å². The molecule has 1 aromatic heterocycles. The van der Waals surface area contributed by atoms with E-state index in [-0.39, 0.29) is 11.9 Å². The number of benzene rings is 2. The van der Waals surface area contributed by atoms with Crippen LogP contribution in [-0.2, 0) is 4.79 Å². The summed E-state index contributed by atoms with van der Waals surface area (Å²) < 4.78 is 12.2. The quantitative estimate of drug-likeness (QED) is 0.389. The molecule has 1 atom stereocenters. The van der Waals surface area contributed by atoms with Gasteiger partial charge in [-0.1, -0.05) is 53.9 Å². The molecular formula is C29H30Cl2N2O4. The Bertz CT molecular complexity index is 1320. The number of nitrogens with zero attached hydrogens (tertiary/aromatic N) is 2. The molecule has 1 fully saturated rings. The van der Waals surface area contributed by atoms with Crippen LogP contribution in [0.5, 0.6) is 11.6 Å². The molecule has 1 N–H and O–H groups in total. The number of hydrogen-bond donors (Lipinski definition) is 1. The molecule has 5 rings (SSSR count). The Hall–Kier alpha value is -2.80. The predicted octanol–water partition coefficient (Wildman–Crippen LogP) is 6.71. The minimum atomic E-state index is -0.553. The fourth-order valence-electron chi connectivity index (χ4n) is 5.58. The lowest BCUT2D eigenvalue weighted by Crippen LogP contribution is -2.47. The largest absolute Gasteiger partial charge is 0.495 e. The number of pyridine rings is 1. The van der Waals surface area contributed by atoms with E-state index in [0.717, 1.165) is 47.9 Å². The average Bonchev–Trinajstić information content (AvgIpc) is 2.92. The van der Waals surface area contributed by atoms with Gasteiger partial charge >= 0.3 is 0 Å². The van der Waals surface area contributed by atoms with Crippen LogP contribution in [0.15, 0.2) is 48.5 Å². The molecule has 3 aromatic rings.